The van der Waals surface area contributed by atoms with E-state index >= 15 is 0 Å². The van der Waals surface area contributed by atoms with Crippen molar-refractivity contribution >= 4 is 29.2 Å². The van der Waals surface area contributed by atoms with Gasteiger partial charge in [0.05, 0.1) is 11.3 Å². The Morgan fingerprint density at radius 2 is 1.79 bits per heavy atom. The largest absolute Gasteiger partial charge is 0.479 e. The lowest BCUT2D eigenvalue weighted by Crippen LogP contribution is -2.30. The maximum atomic E-state index is 13.0. The summed E-state index contributed by atoms with van der Waals surface area (Å²) in [4.78, 5) is 23.8. The second kappa shape index (κ2) is 8.97. The molecule has 0 aliphatic rings. The van der Waals surface area contributed by atoms with Gasteiger partial charge in [0.1, 0.15) is 5.75 Å². The number of hydrogen-bond donors (Lipinski definition) is 1. The van der Waals surface area contributed by atoms with Crippen molar-refractivity contribution in [3.63, 3.8) is 0 Å². The van der Waals surface area contributed by atoms with Crippen LogP contribution in [-0.2, 0) is 20.5 Å². The van der Waals surface area contributed by atoms with Crippen LogP contribution in [0.2, 0.25) is 5.02 Å². The van der Waals surface area contributed by atoms with Gasteiger partial charge in [-0.2, -0.15) is 13.2 Å². The van der Waals surface area contributed by atoms with E-state index < -0.39 is 42.0 Å². The van der Waals surface area contributed by atoms with Gasteiger partial charge in [-0.1, -0.05) is 29.3 Å². The number of anilines is 1. The summed E-state index contributed by atoms with van der Waals surface area (Å²) in [5.74, 6) is -1.32. The lowest BCUT2D eigenvalue weighted by Gasteiger charge is -2.16. The first-order valence-electron chi connectivity index (χ1n) is 8.13. The van der Waals surface area contributed by atoms with E-state index in [1.807, 2.05) is 6.92 Å². The van der Waals surface area contributed by atoms with E-state index in [1.165, 1.54) is 13.0 Å². The summed E-state index contributed by atoms with van der Waals surface area (Å²) in [5, 5.41) is 1.93. The fraction of sp³-hybridized carbons (Fsp3) is 0.263. The van der Waals surface area contributed by atoms with Crippen molar-refractivity contribution in [2.45, 2.75) is 26.1 Å². The van der Waals surface area contributed by atoms with Crippen LogP contribution in [0.5, 0.6) is 5.75 Å². The molecule has 0 fully saturated rings. The summed E-state index contributed by atoms with van der Waals surface area (Å²) in [5.41, 5.74) is -0.572. The molecule has 1 atom stereocenters. The molecule has 0 spiro atoms. The first-order chi connectivity index (χ1) is 13.1. The highest BCUT2D eigenvalue weighted by Gasteiger charge is 2.34. The Balaban J connectivity index is 1.91. The number of esters is 1. The molecule has 0 saturated carbocycles. The predicted octanol–water partition coefficient (Wildman–Crippen LogP) is 4.62. The predicted molar refractivity (Wildman–Crippen MR) is 97.3 cm³/mol. The number of benzene rings is 2. The van der Waals surface area contributed by atoms with Crippen LogP contribution >= 0.6 is 11.6 Å². The summed E-state index contributed by atoms with van der Waals surface area (Å²) >= 11 is 5.58. The van der Waals surface area contributed by atoms with Crippen LogP contribution in [0.1, 0.15) is 18.1 Å². The van der Waals surface area contributed by atoms with Gasteiger partial charge in [-0.25, -0.2) is 4.79 Å². The van der Waals surface area contributed by atoms with Crippen LogP contribution in [0.15, 0.2) is 42.5 Å². The maximum absolute atomic E-state index is 13.0. The van der Waals surface area contributed by atoms with Crippen molar-refractivity contribution in [2.75, 3.05) is 11.9 Å². The first kappa shape index (κ1) is 21.6. The first-order valence-corrected chi connectivity index (χ1v) is 8.50. The summed E-state index contributed by atoms with van der Waals surface area (Å²) < 4.78 is 49.2. The molecule has 2 aromatic carbocycles. The van der Waals surface area contributed by atoms with Crippen molar-refractivity contribution in [3.05, 3.63) is 58.6 Å². The monoisotopic (exact) mass is 415 g/mol. The molecule has 1 N–H and O–H groups in total. The Morgan fingerprint density at radius 1 is 1.14 bits per heavy atom. The van der Waals surface area contributed by atoms with Crippen molar-refractivity contribution in [1.29, 1.82) is 0 Å². The minimum Gasteiger partial charge on any atom is -0.479 e. The van der Waals surface area contributed by atoms with Crippen LogP contribution in [0.3, 0.4) is 0 Å². The number of aryl methyl sites for hydroxylation is 1. The number of rotatable bonds is 6. The van der Waals surface area contributed by atoms with Crippen molar-refractivity contribution in [2.24, 2.45) is 0 Å². The smallest absolute Gasteiger partial charge is 0.418 e. The fourth-order valence-corrected chi connectivity index (χ4v) is 2.34. The number of alkyl halides is 3. The SMILES string of the molecule is Cc1ccc(OC(C)C(=O)OCC(=O)Nc2ccc(Cl)cc2C(F)(F)F)cc1. The molecule has 1 unspecified atom stereocenters. The Bertz CT molecular complexity index is 853. The average Bonchev–Trinajstić information content (AvgIpc) is 2.62. The zero-order valence-electron chi connectivity index (χ0n) is 15.0. The van der Waals surface area contributed by atoms with Gasteiger partial charge < -0.3 is 14.8 Å². The standard InChI is InChI=1S/C19H17ClF3NO4/c1-11-3-6-14(7-4-11)28-12(2)18(26)27-10-17(25)24-16-8-5-13(20)9-15(16)19(21,22)23/h3-9,12H,10H2,1-2H3,(H,24,25). The van der Waals surface area contributed by atoms with Crippen molar-refractivity contribution in [1.82, 2.24) is 0 Å². The Hall–Kier alpha value is -2.74. The van der Waals surface area contributed by atoms with Gasteiger partial charge >= 0.3 is 12.1 Å². The van der Waals surface area contributed by atoms with Gasteiger partial charge in [0, 0.05) is 5.02 Å². The third-order valence-corrected chi connectivity index (χ3v) is 3.81. The van der Waals surface area contributed by atoms with Crippen LogP contribution in [0.4, 0.5) is 18.9 Å². The van der Waals surface area contributed by atoms with E-state index in [4.69, 9.17) is 21.1 Å². The lowest BCUT2D eigenvalue weighted by molar-refractivity contribution is -0.153. The molecule has 0 aliphatic carbocycles. The van der Waals surface area contributed by atoms with E-state index in [0.29, 0.717) is 11.8 Å². The minimum atomic E-state index is -4.71. The Morgan fingerprint density at radius 3 is 2.39 bits per heavy atom. The molecule has 9 heteroatoms. The molecule has 1 amide bonds. The van der Waals surface area contributed by atoms with Crippen molar-refractivity contribution in [3.8, 4) is 5.75 Å². The third kappa shape index (κ3) is 6.16. The quantitative estimate of drug-likeness (QED) is 0.699. The molecule has 28 heavy (non-hydrogen) atoms. The fourth-order valence-electron chi connectivity index (χ4n) is 2.17. The molecule has 5 nitrogen and oxygen atoms in total. The molecular formula is C19H17ClF3NO4. The molecule has 2 aromatic rings. The molecule has 2 rings (SSSR count). The summed E-state index contributed by atoms with van der Waals surface area (Å²) in [6.07, 6.45) is -5.71. The molecule has 0 saturated heterocycles. The molecule has 0 bridgehead atoms. The summed E-state index contributed by atoms with van der Waals surface area (Å²) in [6, 6.07) is 9.86. The number of carbonyl (C=O) groups is 2. The molecular weight excluding hydrogens is 399 g/mol. The van der Waals surface area contributed by atoms with Gasteiger partial charge in [0.2, 0.25) is 0 Å². The maximum Gasteiger partial charge on any atom is 0.418 e. The van der Waals surface area contributed by atoms with Gasteiger partial charge in [-0.05, 0) is 44.2 Å². The van der Waals surface area contributed by atoms with Crippen LogP contribution in [-0.4, -0.2) is 24.6 Å². The highest BCUT2D eigenvalue weighted by molar-refractivity contribution is 6.30. The highest BCUT2D eigenvalue weighted by atomic mass is 35.5. The van der Waals surface area contributed by atoms with E-state index in [-0.39, 0.29) is 5.02 Å². The normalized spacial score (nSPS) is 12.2. The van der Waals surface area contributed by atoms with Gasteiger partial charge in [0.25, 0.3) is 5.91 Å². The number of hydrogen-bond acceptors (Lipinski definition) is 4. The average molecular weight is 416 g/mol. The number of ether oxygens (including phenoxy) is 2. The molecule has 150 valence electrons. The molecule has 0 radical (unpaired) electrons. The van der Waals surface area contributed by atoms with Crippen LogP contribution < -0.4 is 10.1 Å². The van der Waals surface area contributed by atoms with Crippen LogP contribution in [0, 0.1) is 6.92 Å². The highest BCUT2D eigenvalue weighted by Crippen LogP contribution is 2.36. The second-order valence-electron chi connectivity index (χ2n) is 5.92. The lowest BCUT2D eigenvalue weighted by atomic mass is 10.1. The van der Waals surface area contributed by atoms with Gasteiger partial charge in [-0.15, -0.1) is 0 Å². The third-order valence-electron chi connectivity index (χ3n) is 3.57. The zero-order valence-corrected chi connectivity index (χ0v) is 15.7. The van der Waals surface area contributed by atoms with Gasteiger partial charge in [0.15, 0.2) is 12.7 Å². The molecule has 0 aliphatic heterocycles. The topological polar surface area (TPSA) is 64.6 Å². The second-order valence-corrected chi connectivity index (χ2v) is 6.35. The van der Waals surface area contributed by atoms with E-state index in [1.54, 1.807) is 24.3 Å². The van der Waals surface area contributed by atoms with E-state index in [2.05, 4.69) is 5.32 Å². The summed E-state index contributed by atoms with van der Waals surface area (Å²) in [6.45, 7) is 2.56. The summed E-state index contributed by atoms with van der Waals surface area (Å²) in [7, 11) is 0. The van der Waals surface area contributed by atoms with Gasteiger partial charge in [-0.3, -0.25) is 4.79 Å². The van der Waals surface area contributed by atoms with E-state index in [0.717, 1.165) is 11.6 Å². The zero-order chi connectivity index (χ0) is 20.9. The Labute approximate surface area is 164 Å². The number of nitrogens with one attached hydrogen (secondary N) is 1. The molecule has 0 aromatic heterocycles. The Kier molecular flexibility index (Phi) is 6.90. The number of amides is 1. The van der Waals surface area contributed by atoms with Crippen molar-refractivity contribution < 1.29 is 32.2 Å². The van der Waals surface area contributed by atoms with Crippen LogP contribution in [0.25, 0.3) is 0 Å². The minimum absolute atomic E-state index is 0.126. The number of carbonyl (C=O) groups excluding carboxylic acids is 2. The number of halogens is 4. The van der Waals surface area contributed by atoms with E-state index in [9.17, 15) is 22.8 Å². The molecule has 0 heterocycles.